The molecule has 0 N–H and O–H groups in total. The van der Waals surface area contributed by atoms with Gasteiger partial charge in [0.25, 0.3) is 0 Å². The highest BCUT2D eigenvalue weighted by atomic mass is 32.2. The smallest absolute Gasteiger partial charge is 0.237 e. The van der Waals surface area contributed by atoms with Gasteiger partial charge in [-0.05, 0) is 40.0 Å². The van der Waals surface area contributed by atoms with Crippen molar-refractivity contribution in [3.8, 4) is 0 Å². The third-order valence-corrected chi connectivity index (χ3v) is 6.90. The van der Waals surface area contributed by atoms with Gasteiger partial charge >= 0.3 is 0 Å². The molecule has 140 valence electrons. The molecule has 3 heterocycles. The predicted octanol–water partition coefficient (Wildman–Crippen LogP) is 1.80. The Balaban J connectivity index is 1.74. The van der Waals surface area contributed by atoms with Crippen LogP contribution in [-0.4, -0.2) is 66.4 Å². The van der Waals surface area contributed by atoms with Crippen LogP contribution in [-0.2, 0) is 22.1 Å². The summed E-state index contributed by atoms with van der Waals surface area (Å²) in [5.41, 5.74) is 1.07. The first kappa shape index (κ1) is 18.6. The first-order valence-electron chi connectivity index (χ1n) is 9.42. The van der Waals surface area contributed by atoms with Crippen molar-refractivity contribution in [2.24, 2.45) is 0 Å². The highest BCUT2D eigenvalue weighted by Gasteiger charge is 2.34. The Kier molecular flexibility index (Phi) is 5.94. The van der Waals surface area contributed by atoms with Gasteiger partial charge < -0.3 is 4.90 Å². The van der Waals surface area contributed by atoms with Gasteiger partial charge in [-0.15, -0.1) is 0 Å². The molecular weight excluding hydrogens is 336 g/mol. The number of hydrogen-bond acceptors (Lipinski definition) is 4. The van der Waals surface area contributed by atoms with Crippen LogP contribution >= 0.6 is 0 Å². The quantitative estimate of drug-likeness (QED) is 0.815. The van der Waals surface area contributed by atoms with Gasteiger partial charge in [0.05, 0.1) is 12.7 Å². The molecule has 3 rings (SSSR count). The lowest BCUT2D eigenvalue weighted by Gasteiger charge is -2.41. The molecule has 0 bridgehead atoms. The van der Waals surface area contributed by atoms with Crippen molar-refractivity contribution < 1.29 is 9.00 Å². The lowest BCUT2D eigenvalue weighted by molar-refractivity contribution is -0.139. The molecule has 7 heteroatoms. The minimum atomic E-state index is -0.821. The first-order valence-corrected chi connectivity index (χ1v) is 10.9. The van der Waals surface area contributed by atoms with Crippen LogP contribution in [0.5, 0.6) is 0 Å². The largest absolute Gasteiger partial charge is 0.336 e. The van der Waals surface area contributed by atoms with Gasteiger partial charge in [0, 0.05) is 65.3 Å². The number of likely N-dealkylation sites (tertiary alicyclic amines) is 1. The number of piperidine rings is 1. The van der Waals surface area contributed by atoms with E-state index in [1.54, 1.807) is 0 Å². The van der Waals surface area contributed by atoms with Gasteiger partial charge in [0.15, 0.2) is 0 Å². The van der Waals surface area contributed by atoms with Gasteiger partial charge in [-0.3, -0.25) is 18.6 Å². The van der Waals surface area contributed by atoms with E-state index in [9.17, 15) is 9.00 Å². The number of carbonyl (C=O) groups is 1. The summed E-state index contributed by atoms with van der Waals surface area (Å²) in [5.74, 6) is 1.45. The Labute approximate surface area is 153 Å². The van der Waals surface area contributed by atoms with Crippen molar-refractivity contribution >= 4 is 16.7 Å². The number of carbonyl (C=O) groups excluding carboxylic acids is 1. The predicted molar refractivity (Wildman–Crippen MR) is 99.7 cm³/mol. The maximum Gasteiger partial charge on any atom is 0.237 e. The molecule has 0 aromatic carbocycles. The molecule has 0 aliphatic carbocycles. The number of aromatic nitrogens is 2. The van der Waals surface area contributed by atoms with Gasteiger partial charge in [-0.1, -0.05) is 0 Å². The zero-order chi connectivity index (χ0) is 18.0. The number of amides is 1. The van der Waals surface area contributed by atoms with Gasteiger partial charge in [-0.2, -0.15) is 5.10 Å². The van der Waals surface area contributed by atoms with E-state index < -0.39 is 10.8 Å². The van der Waals surface area contributed by atoms with Crippen LogP contribution in [0.15, 0.2) is 12.4 Å². The molecule has 1 aromatic rings. The minimum absolute atomic E-state index is 0.0224. The molecule has 0 saturated carbocycles. The monoisotopic (exact) mass is 366 g/mol. The Morgan fingerprint density at radius 1 is 1.32 bits per heavy atom. The molecule has 2 aliphatic heterocycles. The fourth-order valence-electron chi connectivity index (χ4n) is 4.13. The fourth-order valence-corrected chi connectivity index (χ4v) is 5.49. The summed E-state index contributed by atoms with van der Waals surface area (Å²) in [6, 6.07) is 0.655. The Morgan fingerprint density at radius 3 is 2.68 bits per heavy atom. The standard InChI is InChI=1S/C18H30N4O2S/c1-4-21-11-16(10-19-21)17-13-25(24)9-8-20(17)12-18(23)22-14(2)6-5-7-15(22)3/h10-11,14-15,17H,4-9,12-13H2,1-3H3/t14-,15-,17-,25+/m0/s1. The van der Waals surface area contributed by atoms with Gasteiger partial charge in [0.2, 0.25) is 5.91 Å². The van der Waals surface area contributed by atoms with Crippen molar-refractivity contribution in [3.05, 3.63) is 18.0 Å². The summed E-state index contributed by atoms with van der Waals surface area (Å²) < 4.78 is 14.0. The summed E-state index contributed by atoms with van der Waals surface area (Å²) in [6.45, 7) is 8.29. The van der Waals surface area contributed by atoms with Crippen LogP contribution in [0.2, 0.25) is 0 Å². The lowest BCUT2D eigenvalue weighted by atomic mass is 9.97. The van der Waals surface area contributed by atoms with Crippen LogP contribution in [0.1, 0.15) is 51.6 Å². The van der Waals surface area contributed by atoms with Crippen LogP contribution in [0, 0.1) is 0 Å². The lowest BCUT2D eigenvalue weighted by Crippen LogP contribution is -2.53. The van der Waals surface area contributed by atoms with Crippen LogP contribution in [0.4, 0.5) is 0 Å². The number of nitrogens with zero attached hydrogens (tertiary/aromatic N) is 4. The highest BCUT2D eigenvalue weighted by molar-refractivity contribution is 7.85. The fraction of sp³-hybridized carbons (Fsp3) is 0.778. The second kappa shape index (κ2) is 7.99. The summed E-state index contributed by atoms with van der Waals surface area (Å²) in [4.78, 5) is 17.3. The molecule has 6 nitrogen and oxygen atoms in total. The van der Waals surface area contributed by atoms with Gasteiger partial charge in [-0.25, -0.2) is 0 Å². The van der Waals surface area contributed by atoms with E-state index in [1.165, 1.54) is 6.42 Å². The van der Waals surface area contributed by atoms with Gasteiger partial charge in [0.1, 0.15) is 0 Å². The summed E-state index contributed by atoms with van der Waals surface area (Å²) in [7, 11) is -0.821. The number of hydrogen-bond donors (Lipinski definition) is 0. The first-order chi connectivity index (χ1) is 12.0. The average Bonchev–Trinajstić information content (AvgIpc) is 3.05. The third-order valence-electron chi connectivity index (χ3n) is 5.57. The molecule has 0 radical (unpaired) electrons. The van der Waals surface area contributed by atoms with Crippen LogP contribution in [0.25, 0.3) is 0 Å². The topological polar surface area (TPSA) is 58.4 Å². The molecule has 1 amide bonds. The molecule has 0 unspecified atom stereocenters. The third kappa shape index (κ3) is 4.14. The van der Waals surface area contributed by atoms with E-state index in [0.717, 1.165) is 24.9 Å². The molecule has 0 spiro atoms. The molecule has 2 saturated heterocycles. The van der Waals surface area contributed by atoms with E-state index in [0.29, 0.717) is 36.7 Å². The maximum absolute atomic E-state index is 13.0. The normalized spacial score (nSPS) is 31.2. The zero-order valence-corrected chi connectivity index (χ0v) is 16.4. The molecule has 4 atom stereocenters. The van der Waals surface area contributed by atoms with Crippen molar-refractivity contribution in [1.82, 2.24) is 19.6 Å². The zero-order valence-electron chi connectivity index (χ0n) is 15.6. The van der Waals surface area contributed by atoms with E-state index >= 15 is 0 Å². The van der Waals surface area contributed by atoms with E-state index in [2.05, 4.69) is 35.7 Å². The summed E-state index contributed by atoms with van der Waals surface area (Å²) >= 11 is 0. The molecule has 1 aromatic heterocycles. The SMILES string of the molecule is CCn1cc([C@@H]2C[S@](=O)CCN2CC(=O)N2[C@@H](C)CCC[C@@H]2C)cn1. The van der Waals surface area contributed by atoms with E-state index in [1.807, 2.05) is 17.1 Å². The Bertz CT molecular complexity index is 622. The Morgan fingerprint density at radius 2 is 2.04 bits per heavy atom. The van der Waals surface area contributed by atoms with Crippen molar-refractivity contribution in [3.63, 3.8) is 0 Å². The molecular formula is C18H30N4O2S. The van der Waals surface area contributed by atoms with E-state index in [-0.39, 0.29) is 11.9 Å². The average molecular weight is 367 g/mol. The van der Waals surface area contributed by atoms with Crippen molar-refractivity contribution in [2.45, 2.75) is 64.7 Å². The number of aryl methyl sites for hydroxylation is 1. The van der Waals surface area contributed by atoms with Crippen molar-refractivity contribution in [1.29, 1.82) is 0 Å². The molecule has 2 aliphatic rings. The summed E-state index contributed by atoms with van der Waals surface area (Å²) in [5, 5.41) is 4.36. The Hall–Kier alpha value is -1.21. The van der Waals surface area contributed by atoms with Crippen LogP contribution in [0.3, 0.4) is 0 Å². The second-order valence-electron chi connectivity index (χ2n) is 7.36. The highest BCUT2D eigenvalue weighted by Crippen LogP contribution is 2.27. The van der Waals surface area contributed by atoms with Crippen LogP contribution < -0.4 is 0 Å². The number of rotatable bonds is 4. The second-order valence-corrected chi connectivity index (χ2v) is 8.98. The summed E-state index contributed by atoms with van der Waals surface area (Å²) in [6.07, 6.45) is 7.27. The molecule has 25 heavy (non-hydrogen) atoms. The molecule has 2 fully saturated rings. The van der Waals surface area contributed by atoms with E-state index in [4.69, 9.17) is 0 Å². The van der Waals surface area contributed by atoms with Crippen molar-refractivity contribution in [2.75, 3.05) is 24.6 Å². The minimum Gasteiger partial charge on any atom is -0.336 e. The maximum atomic E-state index is 13.0.